The fourth-order valence-corrected chi connectivity index (χ4v) is 4.38. The van der Waals surface area contributed by atoms with Gasteiger partial charge in [-0.25, -0.2) is 0 Å². The molecule has 3 aromatic rings. The van der Waals surface area contributed by atoms with Crippen molar-refractivity contribution in [3.05, 3.63) is 78.3 Å². The van der Waals surface area contributed by atoms with Gasteiger partial charge in [-0.2, -0.15) is 0 Å². The zero-order valence-corrected chi connectivity index (χ0v) is 20.1. The predicted octanol–water partition coefficient (Wildman–Crippen LogP) is 2.81. The first kappa shape index (κ1) is 24.4. The van der Waals surface area contributed by atoms with Crippen molar-refractivity contribution in [3.63, 3.8) is 0 Å². The Morgan fingerprint density at radius 2 is 1.81 bits per heavy atom. The van der Waals surface area contributed by atoms with Crippen LogP contribution < -0.4 is 25.0 Å². The number of hydrogen-bond donors (Lipinski definition) is 2. The Hall–Kier alpha value is -4.31. The summed E-state index contributed by atoms with van der Waals surface area (Å²) in [6.45, 7) is 0.701. The number of rotatable bonds is 9. The molecule has 1 fully saturated rings. The lowest BCUT2D eigenvalue weighted by molar-refractivity contribution is -0.126. The van der Waals surface area contributed by atoms with Crippen LogP contribution in [0.4, 0.5) is 5.69 Å². The number of anilines is 1. The smallest absolute Gasteiger partial charge is 0.287 e. The van der Waals surface area contributed by atoms with Crippen molar-refractivity contribution in [2.75, 3.05) is 31.4 Å². The number of hydrogen-bond acceptors (Lipinski definition) is 7. The highest BCUT2D eigenvalue weighted by Crippen LogP contribution is 2.38. The van der Waals surface area contributed by atoms with Gasteiger partial charge in [-0.3, -0.25) is 19.3 Å². The van der Waals surface area contributed by atoms with Crippen LogP contribution in [0.3, 0.4) is 0 Å². The fraction of sp³-hybridized carbons (Fsp3) is 0.296. The van der Waals surface area contributed by atoms with E-state index < -0.39 is 17.9 Å². The molecule has 0 spiro atoms. The van der Waals surface area contributed by atoms with E-state index in [1.165, 1.54) is 17.2 Å². The number of nitrogens with one attached hydrogen (secondary N) is 2. The number of furan rings is 1. The molecule has 2 N–H and O–H groups in total. The van der Waals surface area contributed by atoms with Crippen molar-refractivity contribution in [2.45, 2.75) is 25.0 Å². The minimum Gasteiger partial charge on any atom is -0.459 e. The van der Waals surface area contributed by atoms with Gasteiger partial charge in [0.2, 0.25) is 18.6 Å². The number of amides is 3. The Labute approximate surface area is 213 Å². The highest BCUT2D eigenvalue weighted by Gasteiger charge is 2.34. The van der Waals surface area contributed by atoms with E-state index in [0.717, 1.165) is 12.8 Å². The molecule has 2 atom stereocenters. The van der Waals surface area contributed by atoms with E-state index in [4.69, 9.17) is 18.6 Å². The third kappa shape index (κ3) is 5.59. The summed E-state index contributed by atoms with van der Waals surface area (Å²) in [5.74, 6) is -0.327. The van der Waals surface area contributed by atoms with Crippen LogP contribution >= 0.6 is 0 Å². The summed E-state index contributed by atoms with van der Waals surface area (Å²) in [5.41, 5.74) is 1.03. The van der Waals surface area contributed by atoms with Gasteiger partial charge in [0.1, 0.15) is 6.04 Å². The molecule has 3 heterocycles. The average Bonchev–Trinajstić information content (AvgIpc) is 3.72. The van der Waals surface area contributed by atoms with Crippen molar-refractivity contribution in [1.82, 2.24) is 10.6 Å². The number of carbonyl (C=O) groups excluding carboxylic acids is 3. The summed E-state index contributed by atoms with van der Waals surface area (Å²) in [5, 5.41) is 5.53. The summed E-state index contributed by atoms with van der Waals surface area (Å²) in [7, 11) is 0. The van der Waals surface area contributed by atoms with Crippen molar-refractivity contribution < 1.29 is 33.0 Å². The van der Waals surface area contributed by atoms with Gasteiger partial charge in [0, 0.05) is 24.9 Å². The van der Waals surface area contributed by atoms with Gasteiger partial charge in [-0.05, 0) is 42.7 Å². The van der Waals surface area contributed by atoms with E-state index >= 15 is 0 Å². The molecule has 0 radical (unpaired) electrons. The summed E-state index contributed by atoms with van der Waals surface area (Å²) in [4.78, 5) is 41.2. The summed E-state index contributed by atoms with van der Waals surface area (Å²) >= 11 is 0. The van der Waals surface area contributed by atoms with Crippen molar-refractivity contribution in [2.24, 2.45) is 0 Å². The van der Waals surface area contributed by atoms with Crippen LogP contribution in [0.1, 0.15) is 35.0 Å². The van der Waals surface area contributed by atoms with Gasteiger partial charge >= 0.3 is 0 Å². The Bertz CT molecular complexity index is 1240. The summed E-state index contributed by atoms with van der Waals surface area (Å²) in [6, 6.07) is 16.1. The van der Waals surface area contributed by atoms with E-state index in [-0.39, 0.29) is 31.1 Å². The Kier molecular flexibility index (Phi) is 7.36. The molecular weight excluding hydrogens is 478 g/mol. The predicted molar refractivity (Wildman–Crippen MR) is 132 cm³/mol. The van der Waals surface area contributed by atoms with E-state index in [9.17, 15) is 14.4 Å². The number of ether oxygens (including phenoxy) is 3. The van der Waals surface area contributed by atoms with Crippen LogP contribution in [0.15, 0.2) is 71.3 Å². The van der Waals surface area contributed by atoms with Gasteiger partial charge in [0.15, 0.2) is 17.3 Å². The lowest BCUT2D eigenvalue weighted by atomic mass is 10.0. The molecule has 37 heavy (non-hydrogen) atoms. The van der Waals surface area contributed by atoms with Crippen LogP contribution in [0.2, 0.25) is 0 Å². The maximum atomic E-state index is 13.7. The number of nitrogens with zero attached hydrogens (tertiary/aromatic N) is 1. The lowest BCUT2D eigenvalue weighted by Crippen LogP contribution is -2.48. The first-order chi connectivity index (χ1) is 18.1. The maximum absolute atomic E-state index is 13.7. The number of fused-ring (bicyclic) bond motifs is 1. The zero-order valence-electron chi connectivity index (χ0n) is 20.1. The van der Waals surface area contributed by atoms with Gasteiger partial charge < -0.3 is 29.3 Å². The molecule has 1 aromatic heterocycles. The van der Waals surface area contributed by atoms with Crippen LogP contribution in [0.25, 0.3) is 0 Å². The highest BCUT2D eigenvalue weighted by atomic mass is 16.7. The van der Waals surface area contributed by atoms with Crippen molar-refractivity contribution in [1.29, 1.82) is 0 Å². The zero-order chi connectivity index (χ0) is 25.6. The van der Waals surface area contributed by atoms with Crippen LogP contribution in [-0.2, 0) is 14.3 Å². The maximum Gasteiger partial charge on any atom is 0.287 e. The van der Waals surface area contributed by atoms with Crippen LogP contribution in [-0.4, -0.2) is 50.3 Å². The van der Waals surface area contributed by atoms with Gasteiger partial charge in [-0.15, -0.1) is 0 Å². The second-order valence-electron chi connectivity index (χ2n) is 8.65. The normalized spacial score (nSPS) is 16.7. The molecule has 0 aliphatic carbocycles. The summed E-state index contributed by atoms with van der Waals surface area (Å²) in [6.07, 6.45) is 3.11. The summed E-state index contributed by atoms with van der Waals surface area (Å²) < 4.78 is 21.7. The molecule has 1 saturated heterocycles. The van der Waals surface area contributed by atoms with Crippen LogP contribution in [0, 0.1) is 0 Å². The number of benzene rings is 2. The molecule has 0 unspecified atom stereocenters. The molecular formula is C27H27N3O7. The Balaban J connectivity index is 1.46. The SMILES string of the molecule is O=C(NCC(=O)N(c1ccc2c(c1)OCO2)[C@H](C(=O)NC[C@@H]1CCCO1)c1ccccc1)c1ccco1. The van der Waals surface area contributed by atoms with Crippen LogP contribution in [0.5, 0.6) is 11.5 Å². The fourth-order valence-electron chi connectivity index (χ4n) is 4.38. The molecule has 192 valence electrons. The van der Waals surface area contributed by atoms with E-state index in [1.54, 1.807) is 48.5 Å². The monoisotopic (exact) mass is 505 g/mol. The molecule has 2 aliphatic heterocycles. The molecule has 3 amide bonds. The third-order valence-corrected chi connectivity index (χ3v) is 6.20. The quantitative estimate of drug-likeness (QED) is 0.459. The Morgan fingerprint density at radius 1 is 0.973 bits per heavy atom. The molecule has 2 aromatic carbocycles. The lowest BCUT2D eigenvalue weighted by Gasteiger charge is -2.32. The van der Waals surface area contributed by atoms with E-state index in [2.05, 4.69) is 10.6 Å². The first-order valence-corrected chi connectivity index (χ1v) is 12.1. The minimum absolute atomic E-state index is 0.0654. The topological polar surface area (TPSA) is 119 Å². The second-order valence-corrected chi connectivity index (χ2v) is 8.65. The van der Waals surface area contributed by atoms with Gasteiger partial charge in [-0.1, -0.05) is 30.3 Å². The second kappa shape index (κ2) is 11.2. The Morgan fingerprint density at radius 3 is 2.57 bits per heavy atom. The molecule has 2 aliphatic rings. The van der Waals surface area contributed by atoms with Gasteiger partial charge in [0.05, 0.1) is 18.9 Å². The standard InChI is InChI=1S/C27H27N3O7/c31-24(16-29-26(32)22-9-5-13-35-22)30(19-10-11-21-23(14-19)37-17-36-21)25(18-6-2-1-3-7-18)27(33)28-15-20-8-4-12-34-20/h1-3,5-7,9-11,13-14,20,25H,4,8,12,15-17H2,(H,28,33)(H,29,32)/t20-,25-/m0/s1. The van der Waals surface area contributed by atoms with E-state index in [0.29, 0.717) is 35.9 Å². The largest absolute Gasteiger partial charge is 0.459 e. The van der Waals surface area contributed by atoms with E-state index in [1.807, 2.05) is 6.07 Å². The molecule has 5 rings (SSSR count). The third-order valence-electron chi connectivity index (χ3n) is 6.20. The molecule has 10 heteroatoms. The highest BCUT2D eigenvalue weighted by molar-refractivity contribution is 6.04. The van der Waals surface area contributed by atoms with Gasteiger partial charge in [0.25, 0.3) is 5.91 Å². The molecule has 0 saturated carbocycles. The van der Waals surface area contributed by atoms with Crippen molar-refractivity contribution >= 4 is 23.4 Å². The number of carbonyl (C=O) groups is 3. The molecule has 10 nitrogen and oxygen atoms in total. The van der Waals surface area contributed by atoms with Crippen molar-refractivity contribution in [3.8, 4) is 11.5 Å². The average molecular weight is 506 g/mol. The molecule has 0 bridgehead atoms. The first-order valence-electron chi connectivity index (χ1n) is 12.1. The minimum atomic E-state index is -1.02.